The number of fused-ring (bicyclic) bond motifs is 1. The molecule has 9 heteroatoms. The molecule has 0 saturated heterocycles. The van der Waals surface area contributed by atoms with Gasteiger partial charge in [-0.3, -0.25) is 0 Å². The zero-order chi connectivity index (χ0) is 23.8. The highest BCUT2D eigenvalue weighted by molar-refractivity contribution is 7.98. The van der Waals surface area contributed by atoms with E-state index >= 15 is 0 Å². The number of hydrogen-bond acceptors (Lipinski definition) is 6. The minimum atomic E-state index is -2.74. The van der Waals surface area contributed by atoms with E-state index in [1.54, 1.807) is 36.0 Å². The first-order chi connectivity index (χ1) is 16.0. The number of anilines is 4. The number of hydrogen-bond donors (Lipinski definition) is 3. The molecule has 33 heavy (non-hydrogen) atoms. The Morgan fingerprint density at radius 1 is 1.00 bits per heavy atom. The van der Waals surface area contributed by atoms with Crippen LogP contribution in [-0.2, 0) is 0 Å². The maximum atomic E-state index is 13.2. The van der Waals surface area contributed by atoms with Gasteiger partial charge < -0.3 is 15.6 Å². The lowest BCUT2D eigenvalue weighted by atomic mass is 10.2. The van der Waals surface area contributed by atoms with Crippen molar-refractivity contribution in [3.05, 3.63) is 60.0 Å². The molecule has 0 amide bonds. The fourth-order valence-corrected chi connectivity index (χ4v) is 3.43. The van der Waals surface area contributed by atoms with E-state index in [4.69, 9.17) is 6.42 Å². The van der Waals surface area contributed by atoms with Gasteiger partial charge >= 0.3 is 0 Å². The van der Waals surface area contributed by atoms with Gasteiger partial charge in [-0.25, -0.2) is 23.7 Å². The standard InChI is InChI=1S/C21H16F2N6S.C3H8/c1-3-12-7-6-10-16(24-12)26-17-11-14(25-13-8-4-5-9-15(13)30-2)18-20(27-17)29-21(28-18)19(22)23;1-3-2/h1,4-11,19H,2H3,(H3,24,25,26,27,28,29);3H2,1-2H3. The van der Waals surface area contributed by atoms with E-state index < -0.39 is 12.2 Å². The molecule has 0 aliphatic rings. The Bertz CT molecular complexity index is 1270. The molecule has 3 aromatic heterocycles. The molecule has 4 aromatic rings. The molecule has 3 heterocycles. The normalized spacial score (nSPS) is 10.5. The molecule has 4 rings (SSSR count). The van der Waals surface area contributed by atoms with Crippen LogP contribution in [0.5, 0.6) is 0 Å². The second-order valence-electron chi connectivity index (χ2n) is 6.89. The van der Waals surface area contributed by atoms with Crippen molar-refractivity contribution in [2.45, 2.75) is 31.6 Å². The monoisotopic (exact) mass is 466 g/mol. The summed E-state index contributed by atoms with van der Waals surface area (Å²) in [5.41, 5.74) is 2.40. The number of H-pyrrole nitrogens is 1. The van der Waals surface area contributed by atoms with Gasteiger partial charge in [-0.2, -0.15) is 0 Å². The van der Waals surface area contributed by atoms with Crippen LogP contribution in [0.4, 0.5) is 31.8 Å². The van der Waals surface area contributed by atoms with Gasteiger partial charge in [0.2, 0.25) is 0 Å². The number of pyridine rings is 2. The fourth-order valence-electron chi connectivity index (χ4n) is 2.88. The number of nitrogens with zero attached hydrogens (tertiary/aromatic N) is 3. The van der Waals surface area contributed by atoms with Crippen molar-refractivity contribution in [1.82, 2.24) is 19.9 Å². The second-order valence-corrected chi connectivity index (χ2v) is 7.73. The number of para-hydroxylation sites is 1. The Balaban J connectivity index is 0.000000968. The number of rotatable bonds is 6. The Morgan fingerprint density at radius 2 is 1.76 bits per heavy atom. The minimum absolute atomic E-state index is 0.160. The van der Waals surface area contributed by atoms with Crippen molar-refractivity contribution in [1.29, 1.82) is 0 Å². The SMILES string of the molecule is C#Cc1cccc(Nc2cc(Nc3ccccc3SC)c3[nH]c(C(F)F)nc3n2)n1.CCC. The first-order valence-corrected chi connectivity index (χ1v) is 11.5. The zero-order valence-electron chi connectivity index (χ0n) is 18.5. The Kier molecular flexibility index (Phi) is 8.22. The average Bonchev–Trinajstić information content (AvgIpc) is 3.25. The van der Waals surface area contributed by atoms with E-state index in [0.717, 1.165) is 10.6 Å². The number of terminal acetylenes is 1. The van der Waals surface area contributed by atoms with Crippen LogP contribution in [0.1, 0.15) is 38.2 Å². The predicted octanol–water partition coefficient (Wildman–Crippen LogP) is 6.90. The third-order valence-electron chi connectivity index (χ3n) is 4.22. The van der Waals surface area contributed by atoms with Crippen LogP contribution in [-0.4, -0.2) is 26.2 Å². The summed E-state index contributed by atoms with van der Waals surface area (Å²) in [6.45, 7) is 4.25. The van der Waals surface area contributed by atoms with Crippen molar-refractivity contribution in [3.8, 4) is 12.3 Å². The van der Waals surface area contributed by atoms with Crippen LogP contribution < -0.4 is 10.6 Å². The number of aromatic amines is 1. The molecule has 0 unspecified atom stereocenters. The summed E-state index contributed by atoms with van der Waals surface area (Å²) < 4.78 is 26.4. The first kappa shape index (κ1) is 24.0. The van der Waals surface area contributed by atoms with Gasteiger partial charge in [-0.15, -0.1) is 18.2 Å². The summed E-state index contributed by atoms with van der Waals surface area (Å²) in [6, 6.07) is 14.6. The van der Waals surface area contributed by atoms with Crippen molar-refractivity contribution in [3.63, 3.8) is 0 Å². The van der Waals surface area contributed by atoms with Crippen molar-refractivity contribution in [2.75, 3.05) is 16.9 Å². The highest BCUT2D eigenvalue weighted by Crippen LogP contribution is 2.33. The molecule has 0 fully saturated rings. The van der Waals surface area contributed by atoms with Crippen molar-refractivity contribution in [2.24, 2.45) is 0 Å². The summed E-state index contributed by atoms with van der Waals surface area (Å²) >= 11 is 1.57. The Hall–Kier alpha value is -3.64. The summed E-state index contributed by atoms with van der Waals surface area (Å²) in [5.74, 6) is 2.90. The molecule has 0 aliphatic carbocycles. The van der Waals surface area contributed by atoms with Gasteiger partial charge in [0.25, 0.3) is 6.43 Å². The molecule has 170 valence electrons. The molecule has 0 bridgehead atoms. The van der Waals surface area contributed by atoms with Crippen LogP contribution in [0.15, 0.2) is 53.4 Å². The highest BCUT2D eigenvalue weighted by atomic mass is 32.2. The van der Waals surface area contributed by atoms with Crippen LogP contribution in [0.2, 0.25) is 0 Å². The summed E-state index contributed by atoms with van der Waals surface area (Å²) in [6.07, 6.45) is 5.88. The van der Waals surface area contributed by atoms with E-state index in [1.807, 2.05) is 30.5 Å². The summed E-state index contributed by atoms with van der Waals surface area (Å²) in [4.78, 5) is 16.2. The molecule has 0 radical (unpaired) electrons. The van der Waals surface area contributed by atoms with Gasteiger partial charge in [-0.1, -0.05) is 44.4 Å². The largest absolute Gasteiger partial charge is 0.353 e. The third-order valence-corrected chi connectivity index (χ3v) is 5.01. The van der Waals surface area contributed by atoms with Crippen LogP contribution in [0.25, 0.3) is 11.2 Å². The number of alkyl halides is 2. The number of thioether (sulfide) groups is 1. The second kappa shape index (κ2) is 11.3. The average molecular weight is 467 g/mol. The lowest BCUT2D eigenvalue weighted by Gasteiger charge is -2.13. The van der Waals surface area contributed by atoms with Gasteiger partial charge in [0, 0.05) is 11.0 Å². The van der Waals surface area contributed by atoms with E-state index in [2.05, 4.69) is 50.3 Å². The van der Waals surface area contributed by atoms with Crippen LogP contribution >= 0.6 is 11.8 Å². The Morgan fingerprint density at radius 3 is 2.45 bits per heavy atom. The molecule has 3 N–H and O–H groups in total. The molecular weight excluding hydrogens is 442 g/mol. The summed E-state index contributed by atoms with van der Waals surface area (Å²) in [7, 11) is 0. The van der Waals surface area contributed by atoms with E-state index in [0.29, 0.717) is 28.5 Å². The smallest absolute Gasteiger partial charge is 0.295 e. The Labute approximate surface area is 195 Å². The maximum Gasteiger partial charge on any atom is 0.295 e. The highest BCUT2D eigenvalue weighted by Gasteiger charge is 2.17. The van der Waals surface area contributed by atoms with Gasteiger partial charge in [0.1, 0.15) is 22.8 Å². The third kappa shape index (κ3) is 5.99. The van der Waals surface area contributed by atoms with E-state index in [-0.39, 0.29) is 5.65 Å². The number of nitrogens with one attached hydrogen (secondary N) is 3. The fraction of sp³-hybridized carbons (Fsp3) is 0.208. The quantitative estimate of drug-likeness (QED) is 0.212. The van der Waals surface area contributed by atoms with Crippen molar-refractivity contribution >= 4 is 45.9 Å². The van der Waals surface area contributed by atoms with Gasteiger partial charge in [-0.05, 0) is 30.5 Å². The number of imidazole rings is 1. The van der Waals surface area contributed by atoms with E-state index in [1.165, 1.54) is 6.42 Å². The zero-order valence-corrected chi connectivity index (χ0v) is 19.3. The van der Waals surface area contributed by atoms with Crippen LogP contribution in [0, 0.1) is 12.3 Å². The van der Waals surface area contributed by atoms with Crippen molar-refractivity contribution < 1.29 is 8.78 Å². The topological polar surface area (TPSA) is 78.5 Å². The molecule has 0 atom stereocenters. The number of benzene rings is 1. The van der Waals surface area contributed by atoms with Crippen LogP contribution in [0.3, 0.4) is 0 Å². The molecular formula is C24H24F2N6S. The van der Waals surface area contributed by atoms with Gasteiger partial charge in [0.15, 0.2) is 11.5 Å². The minimum Gasteiger partial charge on any atom is -0.353 e. The predicted molar refractivity (Wildman–Crippen MR) is 132 cm³/mol. The van der Waals surface area contributed by atoms with Gasteiger partial charge in [0.05, 0.1) is 11.4 Å². The number of aromatic nitrogens is 4. The molecule has 0 saturated carbocycles. The molecule has 6 nitrogen and oxygen atoms in total. The maximum absolute atomic E-state index is 13.2. The lowest BCUT2D eigenvalue weighted by molar-refractivity contribution is 0.142. The first-order valence-electron chi connectivity index (χ1n) is 10.3. The summed E-state index contributed by atoms with van der Waals surface area (Å²) in [5, 5.41) is 6.36. The molecule has 0 spiro atoms. The van der Waals surface area contributed by atoms with E-state index in [9.17, 15) is 8.78 Å². The molecule has 0 aliphatic heterocycles. The lowest BCUT2D eigenvalue weighted by Crippen LogP contribution is -2.00. The number of halogens is 2. The molecule has 1 aromatic carbocycles.